The summed E-state index contributed by atoms with van der Waals surface area (Å²) >= 11 is 1.41. The lowest BCUT2D eigenvalue weighted by molar-refractivity contribution is -0.402. The second kappa shape index (κ2) is 9.63. The number of furan rings is 1. The zero-order valence-electron chi connectivity index (χ0n) is 15.5. The molecule has 1 amide bonds. The molecule has 3 aromatic rings. The van der Waals surface area contributed by atoms with Crippen LogP contribution in [0.15, 0.2) is 40.8 Å². The Hall–Kier alpha value is -2.49. The number of nitro groups is 1. The summed E-state index contributed by atoms with van der Waals surface area (Å²) in [6, 6.07) is 10.2. The second-order valence-electron chi connectivity index (χ2n) is 5.84. The predicted octanol–water partition coefficient (Wildman–Crippen LogP) is 4.21. The van der Waals surface area contributed by atoms with Gasteiger partial charge >= 0.3 is 5.88 Å². The van der Waals surface area contributed by atoms with Crippen molar-refractivity contribution in [2.75, 3.05) is 31.1 Å². The Labute approximate surface area is 172 Å². The molecule has 0 aliphatic rings. The van der Waals surface area contributed by atoms with Gasteiger partial charge in [0.2, 0.25) is 0 Å². The minimum atomic E-state index is -0.658. The lowest BCUT2D eigenvalue weighted by Gasteiger charge is -2.23. The predicted molar refractivity (Wildman–Crippen MR) is 112 cm³/mol. The molecule has 8 nitrogen and oxygen atoms in total. The van der Waals surface area contributed by atoms with E-state index < -0.39 is 16.7 Å². The zero-order valence-corrected chi connectivity index (χ0v) is 17.2. The Morgan fingerprint density at radius 3 is 2.50 bits per heavy atom. The first kappa shape index (κ1) is 21.8. The van der Waals surface area contributed by atoms with Crippen molar-refractivity contribution in [3.8, 4) is 0 Å². The maximum absolute atomic E-state index is 13.0. The van der Waals surface area contributed by atoms with Crippen molar-refractivity contribution in [3.05, 3.63) is 52.3 Å². The number of benzene rings is 1. The summed E-state index contributed by atoms with van der Waals surface area (Å²) in [5.41, 5.74) is 0.809. The van der Waals surface area contributed by atoms with E-state index in [9.17, 15) is 14.9 Å². The maximum Gasteiger partial charge on any atom is 0.433 e. The number of para-hydroxylation sites is 1. The number of fused-ring (bicyclic) bond motifs is 1. The lowest BCUT2D eigenvalue weighted by atomic mass is 10.3. The quantitative estimate of drug-likeness (QED) is 0.397. The van der Waals surface area contributed by atoms with E-state index in [4.69, 9.17) is 4.42 Å². The molecule has 0 aliphatic heterocycles. The first-order valence-electron chi connectivity index (χ1n) is 8.67. The summed E-state index contributed by atoms with van der Waals surface area (Å²) in [6.45, 7) is 6.92. The van der Waals surface area contributed by atoms with Gasteiger partial charge in [-0.2, -0.15) is 0 Å². The van der Waals surface area contributed by atoms with Gasteiger partial charge in [0.1, 0.15) is 4.92 Å². The Morgan fingerprint density at radius 1 is 1.18 bits per heavy atom. The molecule has 150 valence electrons. The summed E-state index contributed by atoms with van der Waals surface area (Å²) in [5.74, 6) is -0.957. The number of thiazole rings is 1. The third-order valence-corrected chi connectivity index (χ3v) is 5.33. The molecule has 0 saturated heterocycles. The van der Waals surface area contributed by atoms with E-state index >= 15 is 0 Å². The van der Waals surface area contributed by atoms with Crippen LogP contribution in [0.25, 0.3) is 10.2 Å². The Balaban J connectivity index is 0.00000280. The molecule has 0 saturated carbocycles. The normalized spacial score (nSPS) is 10.8. The van der Waals surface area contributed by atoms with Gasteiger partial charge in [-0.3, -0.25) is 19.8 Å². The lowest BCUT2D eigenvalue weighted by Crippen LogP contribution is -2.38. The van der Waals surface area contributed by atoms with E-state index in [0.717, 1.165) is 23.3 Å². The minimum absolute atomic E-state index is 0. The SMILES string of the molecule is CCN(CC)CCN(C(=O)c1ccc([N+](=O)[O-])o1)c1nc2ccccc2s1.Cl. The summed E-state index contributed by atoms with van der Waals surface area (Å²) < 4.78 is 6.09. The number of anilines is 1. The Kier molecular flexibility index (Phi) is 7.50. The van der Waals surface area contributed by atoms with Crippen LogP contribution in [0.4, 0.5) is 11.0 Å². The fourth-order valence-electron chi connectivity index (χ4n) is 2.71. The minimum Gasteiger partial charge on any atom is -0.395 e. The molecule has 28 heavy (non-hydrogen) atoms. The molecule has 10 heteroatoms. The molecule has 2 aromatic heterocycles. The summed E-state index contributed by atoms with van der Waals surface area (Å²) in [6.07, 6.45) is 0. The molecule has 0 N–H and O–H groups in total. The fraction of sp³-hybridized carbons (Fsp3) is 0.333. The van der Waals surface area contributed by atoms with Crippen LogP contribution in [0.5, 0.6) is 0 Å². The van der Waals surface area contributed by atoms with Crippen LogP contribution in [0.3, 0.4) is 0 Å². The highest BCUT2D eigenvalue weighted by Gasteiger charge is 2.26. The van der Waals surface area contributed by atoms with Gasteiger partial charge in [-0.1, -0.05) is 37.3 Å². The van der Waals surface area contributed by atoms with Gasteiger partial charge in [-0.25, -0.2) is 4.98 Å². The third kappa shape index (κ3) is 4.67. The van der Waals surface area contributed by atoms with Gasteiger partial charge in [0.05, 0.1) is 16.3 Å². The first-order chi connectivity index (χ1) is 13.0. The number of likely N-dealkylation sites (N-methyl/N-ethyl adjacent to an activating group) is 1. The van der Waals surface area contributed by atoms with Crippen LogP contribution >= 0.6 is 23.7 Å². The standard InChI is InChI=1S/C18H20N4O4S.ClH/c1-3-20(4-2)11-12-21(17(23)14-9-10-16(26-14)22(24)25)18-19-13-7-5-6-8-15(13)27-18;/h5-10H,3-4,11-12H2,1-2H3;1H. The third-order valence-electron chi connectivity index (χ3n) is 4.28. The summed E-state index contributed by atoms with van der Waals surface area (Å²) in [7, 11) is 0. The molecular formula is C18H21ClN4O4S. The summed E-state index contributed by atoms with van der Waals surface area (Å²) in [5, 5.41) is 11.4. The highest BCUT2D eigenvalue weighted by atomic mass is 35.5. The zero-order chi connectivity index (χ0) is 19.4. The molecule has 3 rings (SSSR count). The molecule has 0 unspecified atom stereocenters. The van der Waals surface area contributed by atoms with Crippen molar-refractivity contribution < 1.29 is 14.1 Å². The fourth-order valence-corrected chi connectivity index (χ4v) is 3.70. The van der Waals surface area contributed by atoms with Gasteiger partial charge in [0.25, 0.3) is 5.91 Å². The number of carbonyl (C=O) groups is 1. The van der Waals surface area contributed by atoms with Gasteiger partial charge in [0.15, 0.2) is 10.9 Å². The largest absolute Gasteiger partial charge is 0.433 e. The van der Waals surface area contributed by atoms with E-state index in [2.05, 4.69) is 23.7 Å². The molecule has 1 aromatic carbocycles. The number of nitrogens with zero attached hydrogens (tertiary/aromatic N) is 4. The molecule has 2 heterocycles. The molecule has 0 radical (unpaired) electrons. The number of hydrogen-bond acceptors (Lipinski definition) is 7. The average molecular weight is 425 g/mol. The van der Waals surface area contributed by atoms with E-state index in [1.165, 1.54) is 28.4 Å². The van der Waals surface area contributed by atoms with Crippen LogP contribution in [0, 0.1) is 10.1 Å². The van der Waals surface area contributed by atoms with Crippen molar-refractivity contribution >= 4 is 50.9 Å². The average Bonchev–Trinajstić information content (AvgIpc) is 3.32. The van der Waals surface area contributed by atoms with Crippen molar-refractivity contribution in [2.45, 2.75) is 13.8 Å². The molecule has 0 bridgehead atoms. The van der Waals surface area contributed by atoms with E-state index in [-0.39, 0.29) is 18.2 Å². The number of aromatic nitrogens is 1. The molecule has 0 spiro atoms. The van der Waals surface area contributed by atoms with Gasteiger partial charge in [-0.05, 0) is 31.3 Å². The van der Waals surface area contributed by atoms with Gasteiger partial charge < -0.3 is 9.32 Å². The summed E-state index contributed by atoms with van der Waals surface area (Å²) in [4.78, 5) is 31.5. The molecule has 0 aliphatic carbocycles. The Morgan fingerprint density at radius 2 is 1.89 bits per heavy atom. The van der Waals surface area contributed by atoms with Crippen molar-refractivity contribution in [2.24, 2.45) is 0 Å². The number of amides is 1. The highest BCUT2D eigenvalue weighted by Crippen LogP contribution is 2.30. The second-order valence-corrected chi connectivity index (χ2v) is 6.85. The molecule has 0 atom stereocenters. The number of rotatable bonds is 8. The van der Waals surface area contributed by atoms with Crippen molar-refractivity contribution in [1.82, 2.24) is 9.88 Å². The van der Waals surface area contributed by atoms with Crippen LogP contribution in [-0.2, 0) is 0 Å². The van der Waals surface area contributed by atoms with Crippen molar-refractivity contribution in [3.63, 3.8) is 0 Å². The van der Waals surface area contributed by atoms with Crippen LogP contribution in [-0.4, -0.2) is 46.9 Å². The van der Waals surface area contributed by atoms with Crippen molar-refractivity contribution in [1.29, 1.82) is 0 Å². The highest BCUT2D eigenvalue weighted by molar-refractivity contribution is 7.22. The Bertz CT molecular complexity index is 921. The number of hydrogen-bond donors (Lipinski definition) is 0. The van der Waals surface area contributed by atoms with E-state index in [1.807, 2.05) is 24.3 Å². The van der Waals surface area contributed by atoms with Crippen LogP contribution in [0.1, 0.15) is 24.4 Å². The van der Waals surface area contributed by atoms with E-state index in [0.29, 0.717) is 18.2 Å². The number of halogens is 1. The maximum atomic E-state index is 13.0. The van der Waals surface area contributed by atoms with Crippen LogP contribution in [0.2, 0.25) is 0 Å². The monoisotopic (exact) mass is 424 g/mol. The van der Waals surface area contributed by atoms with Gasteiger partial charge in [0, 0.05) is 13.1 Å². The first-order valence-corrected chi connectivity index (χ1v) is 9.49. The van der Waals surface area contributed by atoms with Crippen LogP contribution < -0.4 is 4.90 Å². The number of carbonyl (C=O) groups excluding carboxylic acids is 1. The molecule has 0 fully saturated rings. The van der Waals surface area contributed by atoms with E-state index in [1.54, 1.807) is 0 Å². The smallest absolute Gasteiger partial charge is 0.395 e. The van der Waals surface area contributed by atoms with Gasteiger partial charge in [-0.15, -0.1) is 12.4 Å². The topological polar surface area (TPSA) is 92.7 Å². The molecular weight excluding hydrogens is 404 g/mol.